The van der Waals surface area contributed by atoms with Crippen molar-refractivity contribution < 1.29 is 42.5 Å². The Morgan fingerprint density at radius 1 is 1.08 bits per heavy atom. The van der Waals surface area contributed by atoms with E-state index in [2.05, 4.69) is 42.6 Å². The smallest absolute Gasteiger partial charge is 0.408 e. The van der Waals surface area contributed by atoms with Crippen LogP contribution < -0.4 is 31.5 Å². The highest BCUT2D eigenvalue weighted by Gasteiger charge is 2.48. The fourth-order valence-corrected chi connectivity index (χ4v) is 5.91. The number of hydrogen-bond donors (Lipinski definition) is 2. The molecule has 2 aromatic rings. The van der Waals surface area contributed by atoms with Crippen molar-refractivity contribution in [1.29, 1.82) is 0 Å². The number of nitrogens with one attached hydrogen (secondary N) is 2. The number of alkyl halides is 1. The number of aryl methyl sites for hydroxylation is 1. The van der Waals surface area contributed by atoms with Crippen molar-refractivity contribution in [3.05, 3.63) is 53.7 Å². The number of benzene rings is 1. The molecule has 1 aliphatic rings. The lowest BCUT2D eigenvalue weighted by Crippen LogP contribution is -2.51. The van der Waals surface area contributed by atoms with Crippen LogP contribution in [0.2, 0.25) is 0 Å². The topological polar surface area (TPSA) is 165 Å². The molecular weight excluding hydrogens is 767 g/mol. The van der Waals surface area contributed by atoms with Gasteiger partial charge in [-0.3, -0.25) is 19.6 Å². The Hall–Kier alpha value is -3.44. The molecule has 1 aliphatic heterocycles. The van der Waals surface area contributed by atoms with Crippen molar-refractivity contribution in [2.24, 2.45) is 5.92 Å². The van der Waals surface area contributed by atoms with Crippen LogP contribution in [0.5, 0.6) is 11.5 Å². The number of carbonyl (C=O) groups excluding carboxylic acids is 3. The van der Waals surface area contributed by atoms with Gasteiger partial charge in [0.1, 0.15) is 23.1 Å². The lowest BCUT2D eigenvalue weighted by Gasteiger charge is -2.26. The normalized spacial score (nSPS) is 20.5. The molecule has 1 saturated heterocycles. The summed E-state index contributed by atoms with van der Waals surface area (Å²) < 4.78 is 45.9. The van der Waals surface area contributed by atoms with Crippen molar-refractivity contribution >= 4 is 49.8 Å². The van der Waals surface area contributed by atoms with Crippen LogP contribution in [0.25, 0.3) is 0 Å². The number of amides is 2. The van der Waals surface area contributed by atoms with Crippen LogP contribution in [0.4, 0.5) is 9.18 Å². The van der Waals surface area contributed by atoms with Crippen LogP contribution in [-0.2, 0) is 30.2 Å². The molecule has 1 aromatic heterocycles. The second kappa shape index (κ2) is 15.8. The average molecular weight is 808 g/mol. The summed E-state index contributed by atoms with van der Waals surface area (Å²) in [6.45, 7) is 12.8. The second-order valence-electron chi connectivity index (χ2n) is 12.4. The summed E-state index contributed by atoms with van der Waals surface area (Å²) in [4.78, 5) is 65.4. The zero-order valence-electron chi connectivity index (χ0n) is 28.1. The summed E-state index contributed by atoms with van der Waals surface area (Å²) in [6, 6.07) is 2.02. The first kappa shape index (κ1) is 39.0. The van der Waals surface area contributed by atoms with Crippen LogP contribution in [-0.4, -0.2) is 70.4 Å². The van der Waals surface area contributed by atoms with Gasteiger partial charge in [0.2, 0.25) is 0 Å². The molecule has 0 saturated carbocycles. The lowest BCUT2D eigenvalue weighted by atomic mass is 10.0. The highest BCUT2D eigenvalue weighted by atomic mass is 79.9. The van der Waals surface area contributed by atoms with E-state index < -0.39 is 77.5 Å². The Kier molecular flexibility index (Phi) is 12.9. The number of alkyl carbamates (subject to hydrolysis) is 1. The monoisotopic (exact) mass is 806 g/mol. The van der Waals surface area contributed by atoms with Crippen molar-refractivity contribution in [2.75, 3.05) is 12.5 Å². The Balaban J connectivity index is 1.85. The van der Waals surface area contributed by atoms with Gasteiger partial charge in [-0.25, -0.2) is 18.8 Å². The first-order valence-corrected chi connectivity index (χ1v) is 16.7. The lowest BCUT2D eigenvalue weighted by molar-refractivity contribution is -0.157. The minimum atomic E-state index is -2.07. The Bertz CT molecular complexity index is 1640. The summed E-state index contributed by atoms with van der Waals surface area (Å²) in [5, 5.41) is 2.46. The molecule has 1 fully saturated rings. The standard InChI is InChI=1S/C31H41Br2FN4O10/c1-10-17-13-37(27-22(34)24(15(4)46-27)47-28(41)23(14(2)3)35-29(42)48-31(6,7)8)30(43)38(26(17)40)36-25(39)16(5)45-21-12-20(44-9)18(32)11-19(21)33/h11-16,22-24,27H,10H2,1-9H3,(H,35,42)(H,36,39)/t15-,16?,22+,23+,24-,27-/m1/s1. The maximum atomic E-state index is 16.0. The number of halogens is 3. The third kappa shape index (κ3) is 9.16. The predicted molar refractivity (Wildman–Crippen MR) is 180 cm³/mol. The third-order valence-corrected chi connectivity index (χ3v) is 8.43. The van der Waals surface area contributed by atoms with Gasteiger partial charge in [-0.2, -0.15) is 4.68 Å². The molecular formula is C31H41Br2FN4O10. The van der Waals surface area contributed by atoms with Gasteiger partial charge in [0.05, 0.1) is 22.2 Å². The van der Waals surface area contributed by atoms with Crippen molar-refractivity contribution in [3.8, 4) is 11.5 Å². The summed E-state index contributed by atoms with van der Waals surface area (Å²) in [6.07, 6.45) is -7.01. The number of aromatic nitrogens is 2. The number of esters is 1. The van der Waals surface area contributed by atoms with E-state index in [1.54, 1.807) is 47.6 Å². The van der Waals surface area contributed by atoms with E-state index in [-0.39, 0.29) is 17.7 Å². The number of methoxy groups -OCH3 is 1. The molecule has 1 aromatic carbocycles. The van der Waals surface area contributed by atoms with Crippen LogP contribution >= 0.6 is 31.9 Å². The first-order valence-electron chi connectivity index (χ1n) is 15.2. The van der Waals surface area contributed by atoms with Gasteiger partial charge < -0.3 is 29.0 Å². The molecule has 0 aliphatic carbocycles. The van der Waals surface area contributed by atoms with E-state index in [1.807, 2.05) is 0 Å². The second-order valence-corrected chi connectivity index (χ2v) is 14.1. The molecule has 2 heterocycles. The largest absolute Gasteiger partial charge is 0.495 e. The molecule has 14 nitrogen and oxygen atoms in total. The van der Waals surface area contributed by atoms with Gasteiger partial charge >= 0.3 is 17.8 Å². The van der Waals surface area contributed by atoms with Gasteiger partial charge in [-0.05, 0) is 84.9 Å². The minimum absolute atomic E-state index is 0.0641. The average Bonchev–Trinajstić information content (AvgIpc) is 3.26. The van der Waals surface area contributed by atoms with Crippen molar-refractivity contribution in [1.82, 2.24) is 14.6 Å². The molecule has 6 atom stereocenters. The number of ether oxygens (including phenoxy) is 5. The first-order chi connectivity index (χ1) is 22.3. The molecule has 17 heteroatoms. The highest BCUT2D eigenvalue weighted by molar-refractivity contribution is 9.11. The summed E-state index contributed by atoms with van der Waals surface area (Å²) in [7, 11) is 1.46. The van der Waals surface area contributed by atoms with E-state index in [1.165, 1.54) is 27.0 Å². The molecule has 0 bridgehead atoms. The van der Waals surface area contributed by atoms with Crippen molar-refractivity contribution in [3.63, 3.8) is 0 Å². The van der Waals surface area contributed by atoms with Crippen molar-refractivity contribution in [2.45, 2.75) is 104 Å². The van der Waals surface area contributed by atoms with Gasteiger partial charge in [-0.15, -0.1) is 0 Å². The Labute approximate surface area is 293 Å². The molecule has 2 amide bonds. The SMILES string of the molecule is CCc1cn([C@@H]2O[C@H](C)[C@@H](OC(=O)[C@@H](NC(=O)OC(C)(C)C)C(C)C)[C@@H]2F)c(=O)n(NC(=O)C(C)Oc2cc(OC)c(Br)cc2Br)c1=O. The van der Waals surface area contributed by atoms with Crippen LogP contribution in [0, 0.1) is 5.92 Å². The van der Waals surface area contributed by atoms with E-state index in [9.17, 15) is 24.0 Å². The fraction of sp³-hybridized carbons (Fsp3) is 0.581. The number of hydrogen-bond acceptors (Lipinski definition) is 10. The highest BCUT2D eigenvalue weighted by Crippen LogP contribution is 2.37. The number of nitrogens with zero attached hydrogens (tertiary/aromatic N) is 2. The van der Waals surface area contributed by atoms with Crippen LogP contribution in [0.15, 0.2) is 36.9 Å². The van der Waals surface area contributed by atoms with E-state index in [0.717, 1.165) is 10.8 Å². The molecule has 0 radical (unpaired) electrons. The zero-order valence-corrected chi connectivity index (χ0v) is 31.3. The number of carbonyl (C=O) groups is 3. The summed E-state index contributed by atoms with van der Waals surface area (Å²) >= 11 is 6.70. The summed E-state index contributed by atoms with van der Waals surface area (Å²) in [5.74, 6) is -1.55. The maximum Gasteiger partial charge on any atom is 0.408 e. The predicted octanol–water partition coefficient (Wildman–Crippen LogP) is 4.36. The molecule has 2 N–H and O–H groups in total. The van der Waals surface area contributed by atoms with Gasteiger partial charge in [0.15, 0.2) is 24.6 Å². The Morgan fingerprint density at radius 3 is 2.27 bits per heavy atom. The third-order valence-electron chi connectivity index (χ3n) is 7.19. The maximum absolute atomic E-state index is 16.0. The van der Waals surface area contributed by atoms with Crippen LogP contribution in [0.1, 0.15) is 67.2 Å². The molecule has 3 rings (SSSR count). The van der Waals surface area contributed by atoms with E-state index in [4.69, 9.17) is 23.7 Å². The van der Waals surface area contributed by atoms with Gasteiger partial charge in [0, 0.05) is 17.8 Å². The molecule has 48 heavy (non-hydrogen) atoms. The molecule has 266 valence electrons. The fourth-order valence-electron chi connectivity index (χ4n) is 4.66. The quantitative estimate of drug-likeness (QED) is 0.312. The Morgan fingerprint density at radius 2 is 1.71 bits per heavy atom. The number of rotatable bonds is 11. The van der Waals surface area contributed by atoms with Gasteiger partial charge in [0.25, 0.3) is 11.5 Å². The van der Waals surface area contributed by atoms with Crippen LogP contribution in [0.3, 0.4) is 0 Å². The van der Waals surface area contributed by atoms with E-state index in [0.29, 0.717) is 19.4 Å². The van der Waals surface area contributed by atoms with Gasteiger partial charge in [-0.1, -0.05) is 20.8 Å². The molecule has 0 spiro atoms. The minimum Gasteiger partial charge on any atom is -0.495 e. The molecule has 1 unspecified atom stereocenters. The summed E-state index contributed by atoms with van der Waals surface area (Å²) in [5.41, 5.74) is -0.434. The van der Waals surface area contributed by atoms with E-state index >= 15 is 4.39 Å². The zero-order chi connectivity index (χ0) is 36.2.